The Morgan fingerprint density at radius 2 is 1.59 bits per heavy atom. The van der Waals surface area contributed by atoms with Gasteiger partial charge < -0.3 is 10.1 Å². The number of esters is 1. The number of thioether (sulfide) groups is 1. The molecule has 7 nitrogen and oxygen atoms in total. The summed E-state index contributed by atoms with van der Waals surface area (Å²) in [5.74, 6) is -2.01. The van der Waals surface area contributed by atoms with E-state index in [1.165, 1.54) is 11.8 Å². The molecule has 0 saturated carbocycles. The van der Waals surface area contributed by atoms with Crippen molar-refractivity contribution >= 4 is 35.5 Å². The Hall–Kier alpha value is -3.13. The molecule has 0 aliphatic rings. The number of rotatable bonds is 8. The molecule has 2 aromatic carbocycles. The Kier molecular flexibility index (Phi) is 8.42. The first kappa shape index (κ1) is 22.2. The molecule has 0 spiro atoms. The summed E-state index contributed by atoms with van der Waals surface area (Å²) >= 11 is 1.20. The number of hydrogen-bond acceptors (Lipinski definition) is 6. The molecule has 0 bridgehead atoms. The van der Waals surface area contributed by atoms with Crippen LogP contribution in [0.2, 0.25) is 0 Å². The van der Waals surface area contributed by atoms with Gasteiger partial charge in [-0.25, -0.2) is 4.79 Å². The lowest BCUT2D eigenvalue weighted by molar-refractivity contribution is -0.123. The van der Waals surface area contributed by atoms with E-state index in [0.29, 0.717) is 10.5 Å². The van der Waals surface area contributed by atoms with E-state index < -0.39 is 24.4 Å². The summed E-state index contributed by atoms with van der Waals surface area (Å²) in [6, 6.07) is 14.9. The lowest BCUT2D eigenvalue weighted by Gasteiger charge is -2.11. The zero-order valence-corrected chi connectivity index (χ0v) is 17.0. The van der Waals surface area contributed by atoms with E-state index in [4.69, 9.17) is 4.74 Å². The quantitative estimate of drug-likeness (QED) is 0.508. The largest absolute Gasteiger partial charge is 0.452 e. The number of ether oxygens (including phenoxy) is 1. The molecule has 0 radical (unpaired) electrons. The van der Waals surface area contributed by atoms with Crippen molar-refractivity contribution in [2.24, 2.45) is 0 Å². The van der Waals surface area contributed by atoms with Gasteiger partial charge in [-0.3, -0.25) is 19.7 Å². The van der Waals surface area contributed by atoms with Crippen LogP contribution in [0.25, 0.3) is 0 Å². The SMILES string of the molecule is CC(C)NC(=O)CSc1ccccc1C(=O)OCC(=O)NC(=O)c1ccccc1. The fourth-order valence-corrected chi connectivity index (χ4v) is 3.15. The van der Waals surface area contributed by atoms with Crippen molar-refractivity contribution in [3.63, 3.8) is 0 Å². The Labute approximate surface area is 173 Å². The van der Waals surface area contributed by atoms with Crippen LogP contribution >= 0.6 is 11.8 Å². The minimum Gasteiger partial charge on any atom is -0.452 e. The fourth-order valence-electron chi connectivity index (χ4n) is 2.30. The van der Waals surface area contributed by atoms with Gasteiger partial charge in [0.15, 0.2) is 6.61 Å². The van der Waals surface area contributed by atoms with Gasteiger partial charge >= 0.3 is 5.97 Å². The number of carbonyl (C=O) groups is 4. The Balaban J connectivity index is 1.89. The molecule has 0 aliphatic carbocycles. The lowest BCUT2D eigenvalue weighted by atomic mass is 10.2. The molecule has 8 heteroatoms. The number of benzene rings is 2. The van der Waals surface area contributed by atoms with E-state index in [-0.39, 0.29) is 23.3 Å². The summed E-state index contributed by atoms with van der Waals surface area (Å²) in [6.07, 6.45) is 0. The molecule has 2 N–H and O–H groups in total. The summed E-state index contributed by atoms with van der Waals surface area (Å²) in [7, 11) is 0. The average Bonchev–Trinajstić information content (AvgIpc) is 2.71. The highest BCUT2D eigenvalue weighted by Gasteiger charge is 2.17. The van der Waals surface area contributed by atoms with Crippen LogP contribution in [0.1, 0.15) is 34.6 Å². The van der Waals surface area contributed by atoms with Gasteiger partial charge in [0, 0.05) is 16.5 Å². The van der Waals surface area contributed by atoms with Crippen molar-refractivity contribution in [2.45, 2.75) is 24.8 Å². The number of carbonyl (C=O) groups excluding carboxylic acids is 4. The monoisotopic (exact) mass is 414 g/mol. The number of hydrogen-bond donors (Lipinski definition) is 2. The van der Waals surface area contributed by atoms with Crippen LogP contribution in [0.4, 0.5) is 0 Å². The van der Waals surface area contributed by atoms with Crippen LogP contribution in [-0.4, -0.2) is 42.1 Å². The van der Waals surface area contributed by atoms with Gasteiger partial charge in [-0.2, -0.15) is 0 Å². The van der Waals surface area contributed by atoms with Crippen molar-refractivity contribution < 1.29 is 23.9 Å². The molecule has 29 heavy (non-hydrogen) atoms. The summed E-state index contributed by atoms with van der Waals surface area (Å²) in [6.45, 7) is 3.13. The molecular weight excluding hydrogens is 392 g/mol. The summed E-state index contributed by atoms with van der Waals surface area (Å²) in [5.41, 5.74) is 0.575. The normalized spacial score (nSPS) is 10.3. The van der Waals surface area contributed by atoms with Crippen molar-refractivity contribution in [1.82, 2.24) is 10.6 Å². The molecular formula is C21H22N2O5S. The first-order valence-electron chi connectivity index (χ1n) is 8.94. The van der Waals surface area contributed by atoms with E-state index in [9.17, 15) is 19.2 Å². The highest BCUT2D eigenvalue weighted by atomic mass is 32.2. The molecule has 0 saturated heterocycles. The van der Waals surface area contributed by atoms with E-state index in [1.807, 2.05) is 13.8 Å². The van der Waals surface area contributed by atoms with E-state index >= 15 is 0 Å². The van der Waals surface area contributed by atoms with Gasteiger partial charge in [0.05, 0.1) is 11.3 Å². The topological polar surface area (TPSA) is 102 Å². The van der Waals surface area contributed by atoms with Crippen LogP contribution in [0.15, 0.2) is 59.5 Å². The summed E-state index contributed by atoms with van der Waals surface area (Å²) in [4.78, 5) is 48.6. The Morgan fingerprint density at radius 3 is 2.28 bits per heavy atom. The molecule has 0 aromatic heterocycles. The van der Waals surface area contributed by atoms with Gasteiger partial charge in [-0.15, -0.1) is 11.8 Å². The minimum absolute atomic E-state index is 0.0282. The third kappa shape index (κ3) is 7.42. The molecule has 0 fully saturated rings. The summed E-state index contributed by atoms with van der Waals surface area (Å²) < 4.78 is 5.02. The second kappa shape index (κ2) is 11.0. The molecule has 2 aromatic rings. The van der Waals surface area contributed by atoms with Gasteiger partial charge in [0.1, 0.15) is 0 Å². The van der Waals surface area contributed by atoms with Gasteiger partial charge in [0.2, 0.25) is 5.91 Å². The zero-order valence-electron chi connectivity index (χ0n) is 16.1. The highest BCUT2D eigenvalue weighted by Crippen LogP contribution is 2.23. The third-order valence-electron chi connectivity index (χ3n) is 3.54. The number of imide groups is 1. The zero-order chi connectivity index (χ0) is 21.2. The highest BCUT2D eigenvalue weighted by molar-refractivity contribution is 8.00. The average molecular weight is 414 g/mol. The Morgan fingerprint density at radius 1 is 0.931 bits per heavy atom. The molecule has 2 rings (SSSR count). The molecule has 0 atom stereocenters. The smallest absolute Gasteiger partial charge is 0.339 e. The minimum atomic E-state index is -0.728. The maximum atomic E-state index is 12.3. The summed E-state index contributed by atoms with van der Waals surface area (Å²) in [5, 5.41) is 4.94. The molecule has 0 heterocycles. The Bertz CT molecular complexity index is 884. The van der Waals surface area contributed by atoms with Crippen molar-refractivity contribution in [1.29, 1.82) is 0 Å². The lowest BCUT2D eigenvalue weighted by Crippen LogP contribution is -2.34. The van der Waals surface area contributed by atoms with Crippen molar-refractivity contribution in [2.75, 3.05) is 12.4 Å². The van der Waals surface area contributed by atoms with Gasteiger partial charge in [-0.1, -0.05) is 30.3 Å². The maximum Gasteiger partial charge on any atom is 0.339 e. The van der Waals surface area contributed by atoms with Crippen molar-refractivity contribution in [3.8, 4) is 0 Å². The van der Waals surface area contributed by atoms with Crippen LogP contribution in [-0.2, 0) is 14.3 Å². The maximum absolute atomic E-state index is 12.3. The van der Waals surface area contributed by atoms with Gasteiger partial charge in [-0.05, 0) is 38.1 Å². The molecule has 152 valence electrons. The van der Waals surface area contributed by atoms with E-state index in [1.54, 1.807) is 54.6 Å². The second-order valence-corrected chi connectivity index (χ2v) is 7.34. The van der Waals surface area contributed by atoms with Crippen LogP contribution in [0, 0.1) is 0 Å². The fraction of sp³-hybridized carbons (Fsp3) is 0.238. The molecule has 3 amide bonds. The first-order chi connectivity index (χ1) is 13.9. The second-order valence-electron chi connectivity index (χ2n) is 6.33. The van der Waals surface area contributed by atoms with Gasteiger partial charge in [0.25, 0.3) is 11.8 Å². The molecule has 0 unspecified atom stereocenters. The number of amides is 3. The predicted octanol–water partition coefficient (Wildman–Crippen LogP) is 2.42. The van der Waals surface area contributed by atoms with E-state index in [2.05, 4.69) is 10.6 Å². The third-order valence-corrected chi connectivity index (χ3v) is 4.61. The van der Waals surface area contributed by atoms with Crippen molar-refractivity contribution in [3.05, 3.63) is 65.7 Å². The predicted molar refractivity (Wildman–Crippen MR) is 110 cm³/mol. The van der Waals surface area contributed by atoms with Crippen LogP contribution in [0.5, 0.6) is 0 Å². The van der Waals surface area contributed by atoms with E-state index in [0.717, 1.165) is 0 Å². The van der Waals surface area contributed by atoms with Crippen LogP contribution < -0.4 is 10.6 Å². The molecule has 0 aliphatic heterocycles. The standard InChI is InChI=1S/C21H22N2O5S/c1-14(2)22-19(25)13-29-17-11-7-6-10-16(17)21(27)28-12-18(24)23-20(26)15-8-4-3-5-9-15/h3-11,14H,12-13H2,1-2H3,(H,22,25)(H,23,24,26). The van der Waals surface area contributed by atoms with Crippen LogP contribution in [0.3, 0.4) is 0 Å². The number of nitrogens with one attached hydrogen (secondary N) is 2. The first-order valence-corrected chi connectivity index (χ1v) is 9.93.